The van der Waals surface area contributed by atoms with E-state index >= 15 is 0 Å². The maximum atomic E-state index is 13.1. The van der Waals surface area contributed by atoms with Crippen LogP contribution in [0, 0.1) is 13.8 Å². The van der Waals surface area contributed by atoms with Crippen LogP contribution >= 0.6 is 0 Å². The summed E-state index contributed by atoms with van der Waals surface area (Å²) < 4.78 is 27.5. The fraction of sp³-hybridized carbons (Fsp3) is 0.350. The molecule has 2 aromatic carbocycles. The van der Waals surface area contributed by atoms with Crippen LogP contribution in [0.15, 0.2) is 53.4 Å². The van der Waals surface area contributed by atoms with Gasteiger partial charge in [0, 0.05) is 12.2 Å². The van der Waals surface area contributed by atoms with Gasteiger partial charge in [0.25, 0.3) is 0 Å². The molecule has 26 heavy (non-hydrogen) atoms. The smallest absolute Gasteiger partial charge is 0.243 e. The number of carbonyl (C=O) groups excluding carboxylic acids is 1. The van der Waals surface area contributed by atoms with Gasteiger partial charge in [-0.3, -0.25) is 4.79 Å². The Morgan fingerprint density at radius 2 is 1.73 bits per heavy atom. The molecular formula is C20H24N2O3S. The number of sulfonamides is 1. The van der Waals surface area contributed by atoms with Crippen molar-refractivity contribution in [3.8, 4) is 0 Å². The van der Waals surface area contributed by atoms with E-state index in [9.17, 15) is 13.2 Å². The second kappa shape index (κ2) is 7.60. The highest BCUT2D eigenvalue weighted by atomic mass is 32.2. The number of nitrogens with zero attached hydrogens (tertiary/aromatic N) is 1. The van der Waals surface area contributed by atoms with Gasteiger partial charge in [-0.1, -0.05) is 42.3 Å². The van der Waals surface area contributed by atoms with Crippen molar-refractivity contribution in [1.29, 1.82) is 0 Å². The first kappa shape index (κ1) is 18.6. The monoisotopic (exact) mass is 372 g/mol. The molecule has 0 aliphatic carbocycles. The normalized spacial score (nSPS) is 18.5. The molecule has 6 heteroatoms. The van der Waals surface area contributed by atoms with Gasteiger partial charge in [0.05, 0.1) is 4.90 Å². The van der Waals surface area contributed by atoms with Crippen LogP contribution in [0.5, 0.6) is 0 Å². The summed E-state index contributed by atoms with van der Waals surface area (Å²) in [7, 11) is -3.70. The molecule has 1 aliphatic rings. The molecule has 1 amide bonds. The largest absolute Gasteiger partial charge is 0.324 e. The molecule has 3 rings (SSSR count). The van der Waals surface area contributed by atoms with Crippen molar-refractivity contribution in [1.82, 2.24) is 4.31 Å². The number of rotatable bonds is 4. The molecule has 2 aromatic rings. The summed E-state index contributed by atoms with van der Waals surface area (Å²) in [4.78, 5) is 13.1. The van der Waals surface area contributed by atoms with E-state index in [4.69, 9.17) is 0 Å². The standard InChI is InChI=1S/C20H24N2O3S/c1-15-10-12-17(13-11-15)26(24,25)22-14-6-5-9-19(22)20(23)21-18-8-4-3-7-16(18)2/h3-4,7-8,10-13,19H,5-6,9,14H2,1-2H3,(H,21,23)/t19-/m1/s1. The van der Waals surface area contributed by atoms with Gasteiger partial charge in [0.15, 0.2) is 0 Å². The molecule has 0 unspecified atom stereocenters. The molecular weight excluding hydrogens is 348 g/mol. The van der Waals surface area contributed by atoms with Crippen LogP contribution < -0.4 is 5.32 Å². The lowest BCUT2D eigenvalue weighted by atomic mass is 10.0. The summed E-state index contributed by atoms with van der Waals surface area (Å²) in [6.07, 6.45) is 2.13. The Balaban J connectivity index is 1.86. The van der Waals surface area contributed by atoms with Crippen LogP contribution in [-0.2, 0) is 14.8 Å². The van der Waals surface area contributed by atoms with Crippen molar-refractivity contribution in [3.63, 3.8) is 0 Å². The number of hydrogen-bond donors (Lipinski definition) is 1. The Morgan fingerprint density at radius 1 is 1.04 bits per heavy atom. The fourth-order valence-corrected chi connectivity index (χ4v) is 4.89. The summed E-state index contributed by atoms with van der Waals surface area (Å²) in [5.74, 6) is -0.269. The molecule has 1 heterocycles. The zero-order valence-corrected chi connectivity index (χ0v) is 15.9. The quantitative estimate of drug-likeness (QED) is 0.893. The molecule has 0 bridgehead atoms. The Kier molecular flexibility index (Phi) is 5.44. The second-order valence-electron chi connectivity index (χ2n) is 6.74. The minimum absolute atomic E-state index is 0.235. The first-order chi connectivity index (χ1) is 12.4. The molecule has 138 valence electrons. The Hall–Kier alpha value is -2.18. The molecule has 1 aliphatic heterocycles. The molecule has 0 aromatic heterocycles. The van der Waals surface area contributed by atoms with Gasteiger partial charge in [-0.25, -0.2) is 8.42 Å². The third-order valence-electron chi connectivity index (χ3n) is 4.79. The van der Waals surface area contributed by atoms with E-state index in [2.05, 4.69) is 5.32 Å². The number of para-hydroxylation sites is 1. The minimum atomic E-state index is -3.70. The summed E-state index contributed by atoms with van der Waals surface area (Å²) in [6, 6.07) is 13.6. The zero-order valence-electron chi connectivity index (χ0n) is 15.1. The van der Waals surface area contributed by atoms with E-state index in [1.807, 2.05) is 38.1 Å². The molecule has 0 spiro atoms. The maximum Gasteiger partial charge on any atom is 0.243 e. The minimum Gasteiger partial charge on any atom is -0.324 e. The third kappa shape index (κ3) is 3.81. The molecule has 1 N–H and O–H groups in total. The first-order valence-electron chi connectivity index (χ1n) is 8.84. The van der Waals surface area contributed by atoms with Gasteiger partial charge in [-0.2, -0.15) is 4.31 Å². The summed E-state index contributed by atoms with van der Waals surface area (Å²) in [5.41, 5.74) is 2.66. The van der Waals surface area contributed by atoms with E-state index in [-0.39, 0.29) is 10.8 Å². The maximum absolute atomic E-state index is 13.1. The van der Waals surface area contributed by atoms with Crippen LogP contribution in [0.3, 0.4) is 0 Å². The molecule has 1 atom stereocenters. The van der Waals surface area contributed by atoms with Crippen LogP contribution in [0.4, 0.5) is 5.69 Å². The van der Waals surface area contributed by atoms with Crippen LogP contribution in [0.1, 0.15) is 30.4 Å². The number of anilines is 1. The summed E-state index contributed by atoms with van der Waals surface area (Å²) in [5, 5.41) is 2.90. The van der Waals surface area contributed by atoms with E-state index < -0.39 is 16.1 Å². The Labute approximate surface area is 155 Å². The molecule has 1 saturated heterocycles. The average Bonchev–Trinajstić information content (AvgIpc) is 2.64. The van der Waals surface area contributed by atoms with Crippen molar-refractivity contribution in [2.24, 2.45) is 0 Å². The van der Waals surface area contributed by atoms with Crippen LogP contribution in [-0.4, -0.2) is 31.2 Å². The average molecular weight is 372 g/mol. The predicted octanol–water partition coefficient (Wildman–Crippen LogP) is 3.49. The number of hydrogen-bond acceptors (Lipinski definition) is 3. The predicted molar refractivity (Wildman–Crippen MR) is 103 cm³/mol. The third-order valence-corrected chi connectivity index (χ3v) is 6.71. The topological polar surface area (TPSA) is 66.5 Å². The van der Waals surface area contributed by atoms with Gasteiger partial charge in [0.1, 0.15) is 6.04 Å². The number of benzene rings is 2. The van der Waals surface area contributed by atoms with Crippen LogP contribution in [0.2, 0.25) is 0 Å². The molecule has 0 saturated carbocycles. The molecule has 1 fully saturated rings. The van der Waals surface area contributed by atoms with E-state index in [0.29, 0.717) is 13.0 Å². The second-order valence-corrected chi connectivity index (χ2v) is 8.64. The highest BCUT2D eigenvalue weighted by Crippen LogP contribution is 2.27. The first-order valence-corrected chi connectivity index (χ1v) is 10.3. The zero-order chi connectivity index (χ0) is 18.7. The van der Waals surface area contributed by atoms with Crippen LogP contribution in [0.25, 0.3) is 0 Å². The molecule has 5 nitrogen and oxygen atoms in total. The fourth-order valence-electron chi connectivity index (χ4n) is 3.23. The van der Waals surface area contributed by atoms with E-state index in [1.54, 1.807) is 24.3 Å². The number of piperidine rings is 1. The summed E-state index contributed by atoms with van der Waals surface area (Å²) >= 11 is 0. The SMILES string of the molecule is Cc1ccc(S(=O)(=O)N2CCCC[C@@H]2C(=O)Nc2ccccc2C)cc1. The van der Waals surface area contributed by atoms with Gasteiger partial charge in [-0.15, -0.1) is 0 Å². The lowest BCUT2D eigenvalue weighted by Gasteiger charge is -2.33. The number of carbonyl (C=O) groups is 1. The number of aryl methyl sites for hydroxylation is 2. The highest BCUT2D eigenvalue weighted by molar-refractivity contribution is 7.89. The number of nitrogens with one attached hydrogen (secondary N) is 1. The van der Waals surface area contributed by atoms with Crippen molar-refractivity contribution in [2.75, 3.05) is 11.9 Å². The van der Waals surface area contributed by atoms with Crippen molar-refractivity contribution in [2.45, 2.75) is 44.0 Å². The van der Waals surface area contributed by atoms with Gasteiger partial charge >= 0.3 is 0 Å². The Morgan fingerprint density at radius 3 is 2.42 bits per heavy atom. The Bertz CT molecular complexity index is 892. The summed E-state index contributed by atoms with van der Waals surface area (Å²) in [6.45, 7) is 4.19. The molecule has 0 radical (unpaired) electrons. The van der Waals surface area contributed by atoms with Crippen molar-refractivity contribution >= 4 is 21.6 Å². The lowest BCUT2D eigenvalue weighted by Crippen LogP contribution is -2.49. The van der Waals surface area contributed by atoms with E-state index in [1.165, 1.54) is 4.31 Å². The van der Waals surface area contributed by atoms with Crippen molar-refractivity contribution < 1.29 is 13.2 Å². The van der Waals surface area contributed by atoms with Gasteiger partial charge in [0.2, 0.25) is 15.9 Å². The van der Waals surface area contributed by atoms with E-state index in [0.717, 1.165) is 29.7 Å². The van der Waals surface area contributed by atoms with Gasteiger partial charge in [-0.05, 0) is 50.5 Å². The highest BCUT2D eigenvalue weighted by Gasteiger charge is 2.37. The van der Waals surface area contributed by atoms with Crippen molar-refractivity contribution in [3.05, 3.63) is 59.7 Å². The van der Waals surface area contributed by atoms with Gasteiger partial charge < -0.3 is 5.32 Å². The lowest BCUT2D eigenvalue weighted by molar-refractivity contribution is -0.120. The number of amides is 1.